The number of pyridine rings is 1. The Labute approximate surface area is 118 Å². The highest BCUT2D eigenvalue weighted by Gasteiger charge is 2.07. The summed E-state index contributed by atoms with van der Waals surface area (Å²) in [6.45, 7) is 3.10. The van der Waals surface area contributed by atoms with Crippen molar-refractivity contribution >= 4 is 11.5 Å². The molecule has 0 unspecified atom stereocenters. The fourth-order valence-corrected chi connectivity index (χ4v) is 1.91. The molecule has 0 bridgehead atoms. The van der Waals surface area contributed by atoms with E-state index in [-0.39, 0.29) is 0 Å². The van der Waals surface area contributed by atoms with Gasteiger partial charge in [0, 0.05) is 24.0 Å². The van der Waals surface area contributed by atoms with Crippen molar-refractivity contribution in [3.05, 3.63) is 42.1 Å². The van der Waals surface area contributed by atoms with E-state index in [1.165, 1.54) is 0 Å². The smallest absolute Gasteiger partial charge is 0.169 e. The molecule has 1 aromatic carbocycles. The Morgan fingerprint density at radius 3 is 2.85 bits per heavy atom. The number of rotatable bonds is 6. The molecule has 0 fully saturated rings. The van der Waals surface area contributed by atoms with Gasteiger partial charge >= 0.3 is 0 Å². The summed E-state index contributed by atoms with van der Waals surface area (Å²) in [6, 6.07) is 9.28. The first-order valence-corrected chi connectivity index (χ1v) is 6.48. The van der Waals surface area contributed by atoms with Crippen LogP contribution in [0.5, 0.6) is 11.5 Å². The lowest BCUT2D eigenvalue weighted by Crippen LogP contribution is -2.06. The van der Waals surface area contributed by atoms with Crippen LogP contribution in [0.3, 0.4) is 0 Å². The van der Waals surface area contributed by atoms with Crippen molar-refractivity contribution in [1.82, 2.24) is 4.98 Å². The summed E-state index contributed by atoms with van der Waals surface area (Å²) in [5.41, 5.74) is 7.48. The van der Waals surface area contributed by atoms with E-state index >= 15 is 0 Å². The molecule has 1 heterocycles. The van der Waals surface area contributed by atoms with E-state index in [4.69, 9.17) is 15.2 Å². The Balaban J connectivity index is 2.14. The van der Waals surface area contributed by atoms with E-state index in [0.29, 0.717) is 24.7 Å². The number of hydrogen-bond acceptors (Lipinski definition) is 5. The van der Waals surface area contributed by atoms with Gasteiger partial charge in [0.05, 0.1) is 13.7 Å². The molecule has 106 valence electrons. The molecule has 0 aliphatic heterocycles. The van der Waals surface area contributed by atoms with Gasteiger partial charge in [-0.15, -0.1) is 0 Å². The maximum absolute atomic E-state index is 5.81. The van der Waals surface area contributed by atoms with Gasteiger partial charge in [0.15, 0.2) is 11.6 Å². The van der Waals surface area contributed by atoms with Crippen LogP contribution in [0.25, 0.3) is 0 Å². The van der Waals surface area contributed by atoms with Gasteiger partial charge in [-0.05, 0) is 37.3 Å². The summed E-state index contributed by atoms with van der Waals surface area (Å²) in [7, 11) is 1.64. The summed E-state index contributed by atoms with van der Waals surface area (Å²) < 4.78 is 10.8. The predicted molar refractivity (Wildman–Crippen MR) is 80.1 cm³/mol. The number of ether oxygens (including phenoxy) is 2. The summed E-state index contributed by atoms with van der Waals surface area (Å²) in [4.78, 5) is 4.28. The number of nitrogens with one attached hydrogen (secondary N) is 1. The van der Waals surface area contributed by atoms with Gasteiger partial charge in [0.25, 0.3) is 0 Å². The van der Waals surface area contributed by atoms with Crippen molar-refractivity contribution in [1.29, 1.82) is 0 Å². The monoisotopic (exact) mass is 273 g/mol. The van der Waals surface area contributed by atoms with Gasteiger partial charge < -0.3 is 20.5 Å². The number of methoxy groups -OCH3 is 1. The number of benzene rings is 1. The zero-order chi connectivity index (χ0) is 14.4. The zero-order valence-corrected chi connectivity index (χ0v) is 11.7. The van der Waals surface area contributed by atoms with Gasteiger partial charge in [-0.1, -0.05) is 0 Å². The first-order chi connectivity index (χ1) is 9.74. The normalized spacial score (nSPS) is 10.1. The highest BCUT2D eigenvalue weighted by Crippen LogP contribution is 2.25. The molecule has 2 rings (SSSR count). The number of aromatic nitrogens is 1. The Morgan fingerprint density at radius 1 is 1.25 bits per heavy atom. The van der Waals surface area contributed by atoms with E-state index in [9.17, 15) is 0 Å². The minimum Gasteiger partial charge on any atom is -0.496 e. The molecule has 0 spiro atoms. The van der Waals surface area contributed by atoms with E-state index in [2.05, 4.69) is 10.3 Å². The number of nitrogens with two attached hydrogens (primary N) is 1. The van der Waals surface area contributed by atoms with Crippen molar-refractivity contribution in [3.8, 4) is 11.5 Å². The van der Waals surface area contributed by atoms with Crippen LogP contribution in [0.4, 0.5) is 11.5 Å². The molecule has 0 aliphatic rings. The topological polar surface area (TPSA) is 69.4 Å². The van der Waals surface area contributed by atoms with E-state index in [0.717, 1.165) is 17.1 Å². The molecule has 0 atom stereocenters. The Morgan fingerprint density at radius 2 is 2.10 bits per heavy atom. The van der Waals surface area contributed by atoms with Gasteiger partial charge in [0.1, 0.15) is 5.75 Å². The number of anilines is 2. The predicted octanol–water partition coefficient (Wildman–Crippen LogP) is 2.68. The van der Waals surface area contributed by atoms with Crippen molar-refractivity contribution in [2.24, 2.45) is 0 Å². The highest BCUT2D eigenvalue weighted by atomic mass is 16.5. The molecule has 0 amide bonds. The van der Waals surface area contributed by atoms with E-state index in [1.807, 2.05) is 37.3 Å². The van der Waals surface area contributed by atoms with Gasteiger partial charge in [-0.3, -0.25) is 0 Å². The largest absolute Gasteiger partial charge is 0.496 e. The molecule has 5 nitrogen and oxygen atoms in total. The van der Waals surface area contributed by atoms with Crippen LogP contribution in [-0.4, -0.2) is 18.7 Å². The standard InChI is InChI=1S/C15H19N3O2/c1-3-20-14-5-4-8-17-15(14)18-10-11-9-12(16)6-7-13(11)19-2/h4-9H,3,10,16H2,1-2H3,(H,17,18). The number of nitrogens with zero attached hydrogens (tertiary/aromatic N) is 1. The average molecular weight is 273 g/mol. The molecule has 3 N–H and O–H groups in total. The van der Waals surface area contributed by atoms with Crippen LogP contribution < -0.4 is 20.5 Å². The van der Waals surface area contributed by atoms with Crippen molar-refractivity contribution in [2.45, 2.75) is 13.5 Å². The second kappa shape index (κ2) is 6.65. The van der Waals surface area contributed by atoms with Crippen LogP contribution in [0, 0.1) is 0 Å². The average Bonchev–Trinajstić information content (AvgIpc) is 2.47. The molecular formula is C15H19N3O2. The van der Waals surface area contributed by atoms with Crippen LogP contribution in [-0.2, 0) is 6.54 Å². The first-order valence-electron chi connectivity index (χ1n) is 6.48. The van der Waals surface area contributed by atoms with Crippen LogP contribution >= 0.6 is 0 Å². The van der Waals surface area contributed by atoms with E-state index < -0.39 is 0 Å². The summed E-state index contributed by atoms with van der Waals surface area (Å²) in [5.74, 6) is 2.23. The fraction of sp³-hybridized carbons (Fsp3) is 0.267. The summed E-state index contributed by atoms with van der Waals surface area (Å²) in [5, 5.41) is 3.24. The Bertz CT molecular complexity index is 573. The third-order valence-electron chi connectivity index (χ3n) is 2.82. The molecular weight excluding hydrogens is 254 g/mol. The third kappa shape index (κ3) is 3.32. The van der Waals surface area contributed by atoms with Gasteiger partial charge in [0.2, 0.25) is 0 Å². The lowest BCUT2D eigenvalue weighted by Gasteiger charge is -2.13. The van der Waals surface area contributed by atoms with Crippen LogP contribution in [0.15, 0.2) is 36.5 Å². The second-order valence-corrected chi connectivity index (χ2v) is 4.21. The van der Waals surface area contributed by atoms with E-state index in [1.54, 1.807) is 13.3 Å². The third-order valence-corrected chi connectivity index (χ3v) is 2.82. The molecule has 0 aliphatic carbocycles. The second-order valence-electron chi connectivity index (χ2n) is 4.21. The van der Waals surface area contributed by atoms with Gasteiger partial charge in [-0.25, -0.2) is 4.98 Å². The maximum atomic E-state index is 5.81. The molecule has 0 saturated carbocycles. The quantitative estimate of drug-likeness (QED) is 0.792. The molecule has 2 aromatic rings. The summed E-state index contributed by atoms with van der Waals surface area (Å²) >= 11 is 0. The highest BCUT2D eigenvalue weighted by molar-refractivity contribution is 5.53. The SMILES string of the molecule is CCOc1cccnc1NCc1cc(N)ccc1OC. The zero-order valence-electron chi connectivity index (χ0n) is 11.7. The van der Waals surface area contributed by atoms with Crippen LogP contribution in [0.2, 0.25) is 0 Å². The molecule has 0 radical (unpaired) electrons. The Hall–Kier alpha value is -2.43. The number of nitrogen functional groups attached to an aromatic ring is 1. The minimum atomic E-state index is 0.561. The molecule has 5 heteroatoms. The molecule has 0 saturated heterocycles. The summed E-state index contributed by atoms with van der Waals surface area (Å²) in [6.07, 6.45) is 1.72. The Kier molecular flexibility index (Phi) is 4.65. The molecule has 20 heavy (non-hydrogen) atoms. The first kappa shape index (κ1) is 14.0. The van der Waals surface area contributed by atoms with Crippen molar-refractivity contribution < 1.29 is 9.47 Å². The van der Waals surface area contributed by atoms with Gasteiger partial charge in [-0.2, -0.15) is 0 Å². The lowest BCUT2D eigenvalue weighted by molar-refractivity contribution is 0.340. The fourth-order valence-electron chi connectivity index (χ4n) is 1.91. The number of hydrogen-bond donors (Lipinski definition) is 2. The van der Waals surface area contributed by atoms with Crippen molar-refractivity contribution in [2.75, 3.05) is 24.8 Å². The van der Waals surface area contributed by atoms with Crippen molar-refractivity contribution in [3.63, 3.8) is 0 Å². The van der Waals surface area contributed by atoms with Crippen LogP contribution in [0.1, 0.15) is 12.5 Å². The lowest BCUT2D eigenvalue weighted by atomic mass is 10.1. The molecule has 1 aromatic heterocycles. The maximum Gasteiger partial charge on any atom is 0.169 e. The minimum absolute atomic E-state index is 0.561.